The zero-order valence-corrected chi connectivity index (χ0v) is 9.90. The maximum absolute atomic E-state index is 11.7. The van der Waals surface area contributed by atoms with Crippen molar-refractivity contribution in [2.75, 3.05) is 27.7 Å². The molecule has 0 radical (unpaired) electrons. The van der Waals surface area contributed by atoms with Gasteiger partial charge in [0.05, 0.1) is 0 Å². The Bertz CT molecular complexity index is 376. The number of carbonyl (C=O) groups is 1. The Balaban J connectivity index is 2.82. The number of likely N-dealkylation sites (tertiary alicyclic amines) is 1. The fourth-order valence-electron chi connectivity index (χ4n) is 1.50. The minimum atomic E-state index is -0.458. The number of amides is 1. The molecule has 0 atom stereocenters. The van der Waals surface area contributed by atoms with Crippen LogP contribution in [0.4, 0.5) is 0 Å². The van der Waals surface area contributed by atoms with Gasteiger partial charge in [0, 0.05) is 40.3 Å². The van der Waals surface area contributed by atoms with E-state index in [0.29, 0.717) is 0 Å². The molecule has 16 heavy (non-hydrogen) atoms. The second-order valence-corrected chi connectivity index (χ2v) is 3.98. The third-order valence-electron chi connectivity index (χ3n) is 2.30. The summed E-state index contributed by atoms with van der Waals surface area (Å²) in [7, 11) is 5.43. The second-order valence-electron chi connectivity index (χ2n) is 3.98. The molecule has 1 aliphatic heterocycles. The van der Waals surface area contributed by atoms with Crippen LogP contribution in [0.15, 0.2) is 16.8 Å². The molecule has 86 valence electrons. The second kappa shape index (κ2) is 5.31. The molecule has 0 unspecified atom stereocenters. The van der Waals surface area contributed by atoms with Crippen molar-refractivity contribution in [3.8, 4) is 6.07 Å². The van der Waals surface area contributed by atoms with Crippen molar-refractivity contribution in [3.63, 3.8) is 0 Å². The molecular weight excluding hydrogens is 204 g/mol. The molecule has 0 aromatic heterocycles. The van der Waals surface area contributed by atoms with E-state index in [9.17, 15) is 4.79 Å². The molecule has 1 heterocycles. The fraction of sp³-hybridized carbons (Fsp3) is 0.545. The SMILES string of the molecule is CN(C)C=C(C#N)C(=O)N=C1CCCN1C. The molecule has 1 aliphatic rings. The number of hydrogen-bond donors (Lipinski definition) is 0. The van der Waals surface area contributed by atoms with Gasteiger partial charge in [-0.1, -0.05) is 0 Å². The van der Waals surface area contributed by atoms with Crippen LogP contribution in [-0.4, -0.2) is 49.2 Å². The van der Waals surface area contributed by atoms with Gasteiger partial charge in [-0.05, 0) is 6.42 Å². The summed E-state index contributed by atoms with van der Waals surface area (Å²) in [6.45, 7) is 0.922. The highest BCUT2D eigenvalue weighted by Gasteiger charge is 2.17. The average Bonchev–Trinajstić information content (AvgIpc) is 2.60. The lowest BCUT2D eigenvalue weighted by molar-refractivity contribution is -0.114. The maximum atomic E-state index is 11.7. The van der Waals surface area contributed by atoms with E-state index in [1.165, 1.54) is 6.20 Å². The van der Waals surface area contributed by atoms with Crippen molar-refractivity contribution in [3.05, 3.63) is 11.8 Å². The summed E-state index contributed by atoms with van der Waals surface area (Å²) in [5.41, 5.74) is 0.0674. The molecule has 1 amide bonds. The molecule has 1 fully saturated rings. The number of amidine groups is 1. The molecule has 0 aliphatic carbocycles. The topological polar surface area (TPSA) is 59.7 Å². The molecule has 1 rings (SSSR count). The number of rotatable bonds is 2. The lowest BCUT2D eigenvalue weighted by atomic mass is 10.3. The Morgan fingerprint density at radius 3 is 2.75 bits per heavy atom. The van der Waals surface area contributed by atoms with Crippen LogP contribution in [0.2, 0.25) is 0 Å². The largest absolute Gasteiger partial charge is 0.382 e. The van der Waals surface area contributed by atoms with Gasteiger partial charge in [0.15, 0.2) is 0 Å². The summed E-state index contributed by atoms with van der Waals surface area (Å²) in [5.74, 6) is 0.310. The van der Waals surface area contributed by atoms with Crippen molar-refractivity contribution in [1.29, 1.82) is 5.26 Å². The van der Waals surface area contributed by atoms with Gasteiger partial charge in [0.1, 0.15) is 17.5 Å². The predicted octanol–water partition coefficient (Wildman–Crippen LogP) is 0.606. The highest BCUT2D eigenvalue weighted by molar-refractivity contribution is 6.05. The smallest absolute Gasteiger partial charge is 0.290 e. The van der Waals surface area contributed by atoms with E-state index in [4.69, 9.17) is 5.26 Å². The van der Waals surface area contributed by atoms with E-state index in [2.05, 4.69) is 4.99 Å². The number of aliphatic imine (C=N–C) groups is 1. The van der Waals surface area contributed by atoms with E-state index in [1.807, 2.05) is 18.0 Å². The van der Waals surface area contributed by atoms with Crippen molar-refractivity contribution in [1.82, 2.24) is 9.80 Å². The standard InChI is InChI=1S/C11H16N4O/c1-14(2)8-9(7-12)11(16)13-10-5-4-6-15(10)3/h8H,4-6H2,1-3H3. The van der Waals surface area contributed by atoms with Crippen LogP contribution in [0, 0.1) is 11.3 Å². The molecule has 0 saturated carbocycles. The van der Waals surface area contributed by atoms with Gasteiger partial charge in [-0.2, -0.15) is 10.3 Å². The van der Waals surface area contributed by atoms with E-state index in [1.54, 1.807) is 19.0 Å². The first-order valence-corrected chi connectivity index (χ1v) is 5.16. The van der Waals surface area contributed by atoms with Crippen LogP contribution in [0.5, 0.6) is 0 Å². The van der Waals surface area contributed by atoms with Gasteiger partial charge in [-0.25, -0.2) is 0 Å². The monoisotopic (exact) mass is 220 g/mol. The maximum Gasteiger partial charge on any atom is 0.290 e. The lowest BCUT2D eigenvalue weighted by Gasteiger charge is -2.10. The van der Waals surface area contributed by atoms with Crippen LogP contribution in [0.1, 0.15) is 12.8 Å². The predicted molar refractivity (Wildman–Crippen MR) is 61.7 cm³/mol. The van der Waals surface area contributed by atoms with E-state index < -0.39 is 5.91 Å². The Morgan fingerprint density at radius 2 is 2.31 bits per heavy atom. The zero-order chi connectivity index (χ0) is 12.1. The molecule has 1 saturated heterocycles. The minimum Gasteiger partial charge on any atom is -0.382 e. The summed E-state index contributed by atoms with van der Waals surface area (Å²) >= 11 is 0. The number of nitriles is 1. The van der Waals surface area contributed by atoms with E-state index in [0.717, 1.165) is 25.2 Å². The number of nitrogens with zero attached hydrogens (tertiary/aromatic N) is 4. The molecule has 0 N–H and O–H groups in total. The Morgan fingerprint density at radius 1 is 1.62 bits per heavy atom. The first-order valence-electron chi connectivity index (χ1n) is 5.16. The first-order chi connectivity index (χ1) is 7.54. The number of hydrogen-bond acceptors (Lipinski definition) is 3. The third kappa shape index (κ3) is 3.09. The lowest BCUT2D eigenvalue weighted by Crippen LogP contribution is -2.20. The van der Waals surface area contributed by atoms with Gasteiger partial charge in [0.2, 0.25) is 0 Å². The Hall–Kier alpha value is -1.83. The summed E-state index contributed by atoms with van der Waals surface area (Å²) < 4.78 is 0. The van der Waals surface area contributed by atoms with Crippen molar-refractivity contribution in [2.24, 2.45) is 4.99 Å². The summed E-state index contributed by atoms with van der Waals surface area (Å²) in [4.78, 5) is 19.3. The first kappa shape index (κ1) is 12.2. The van der Waals surface area contributed by atoms with Gasteiger partial charge in [-0.15, -0.1) is 0 Å². The molecule has 5 nitrogen and oxygen atoms in total. The fourth-order valence-corrected chi connectivity index (χ4v) is 1.50. The third-order valence-corrected chi connectivity index (χ3v) is 2.30. The quantitative estimate of drug-likeness (QED) is 0.505. The van der Waals surface area contributed by atoms with Crippen LogP contribution in [0.3, 0.4) is 0 Å². The minimum absolute atomic E-state index is 0.0674. The molecule has 0 aromatic rings. The number of carbonyl (C=O) groups excluding carboxylic acids is 1. The molecule has 0 bridgehead atoms. The molecule has 5 heteroatoms. The van der Waals surface area contributed by atoms with Gasteiger partial charge in [0.25, 0.3) is 5.91 Å². The van der Waals surface area contributed by atoms with Gasteiger partial charge in [-0.3, -0.25) is 4.79 Å². The van der Waals surface area contributed by atoms with Crippen LogP contribution >= 0.6 is 0 Å². The van der Waals surface area contributed by atoms with Crippen molar-refractivity contribution < 1.29 is 4.79 Å². The summed E-state index contributed by atoms with van der Waals surface area (Å²) in [6, 6.07) is 1.87. The van der Waals surface area contributed by atoms with Crippen LogP contribution < -0.4 is 0 Å². The molecule has 0 spiro atoms. The Kier molecular flexibility index (Phi) is 4.06. The van der Waals surface area contributed by atoms with Gasteiger partial charge >= 0.3 is 0 Å². The summed E-state index contributed by atoms with van der Waals surface area (Å²) in [5, 5.41) is 8.84. The average molecular weight is 220 g/mol. The Labute approximate surface area is 95.7 Å². The molecular formula is C11H16N4O. The summed E-state index contributed by atoms with van der Waals surface area (Å²) in [6.07, 6.45) is 3.31. The molecule has 0 aromatic carbocycles. The van der Waals surface area contributed by atoms with Gasteiger partial charge < -0.3 is 9.80 Å². The zero-order valence-electron chi connectivity index (χ0n) is 9.90. The van der Waals surface area contributed by atoms with Crippen LogP contribution in [-0.2, 0) is 4.79 Å². The van der Waals surface area contributed by atoms with Crippen molar-refractivity contribution in [2.45, 2.75) is 12.8 Å². The van der Waals surface area contributed by atoms with Crippen molar-refractivity contribution >= 4 is 11.7 Å². The highest BCUT2D eigenvalue weighted by Crippen LogP contribution is 2.10. The normalized spacial score (nSPS) is 18.8. The van der Waals surface area contributed by atoms with E-state index >= 15 is 0 Å². The van der Waals surface area contributed by atoms with Crippen LogP contribution in [0.25, 0.3) is 0 Å². The van der Waals surface area contributed by atoms with E-state index in [-0.39, 0.29) is 5.57 Å². The highest BCUT2D eigenvalue weighted by atomic mass is 16.1.